The van der Waals surface area contributed by atoms with Crippen LogP contribution in [-0.2, 0) is 0 Å². The highest BCUT2D eigenvalue weighted by atomic mass is 32.1. The molecule has 4 heteroatoms. The van der Waals surface area contributed by atoms with E-state index >= 15 is 0 Å². The van der Waals surface area contributed by atoms with Crippen LogP contribution in [0.15, 0.2) is 41.2 Å². The minimum atomic E-state index is 0.00505. The quantitative estimate of drug-likeness (QED) is 0.152. The second-order valence-electron chi connectivity index (χ2n) is 10.6. The number of methoxy groups -OCH3 is 2. The average molecular weight is 537 g/mol. The minimum absolute atomic E-state index is 0.00505. The maximum atomic E-state index is 13.4. The van der Waals surface area contributed by atoms with E-state index in [9.17, 15) is 4.79 Å². The number of hydrogen-bond acceptors (Lipinski definition) is 4. The molecule has 208 valence electrons. The van der Waals surface area contributed by atoms with Gasteiger partial charge in [0, 0.05) is 5.56 Å². The van der Waals surface area contributed by atoms with Crippen molar-refractivity contribution in [3.05, 3.63) is 62.3 Å². The number of benzene rings is 2. The van der Waals surface area contributed by atoms with Gasteiger partial charge in [0.1, 0.15) is 11.5 Å². The fourth-order valence-electron chi connectivity index (χ4n) is 5.58. The molecule has 0 spiro atoms. The van der Waals surface area contributed by atoms with Crippen molar-refractivity contribution in [2.24, 2.45) is 0 Å². The molecule has 0 saturated heterocycles. The summed E-state index contributed by atoms with van der Waals surface area (Å²) in [5.41, 5.74) is 2.26. The van der Waals surface area contributed by atoms with Crippen LogP contribution in [0, 0.1) is 0 Å². The summed E-state index contributed by atoms with van der Waals surface area (Å²) < 4.78 is 13.5. The van der Waals surface area contributed by atoms with Gasteiger partial charge < -0.3 is 9.47 Å². The lowest BCUT2D eigenvalue weighted by Gasteiger charge is -2.23. The van der Waals surface area contributed by atoms with Crippen molar-refractivity contribution < 1.29 is 9.47 Å². The van der Waals surface area contributed by atoms with Gasteiger partial charge in [0.2, 0.25) is 5.43 Å². The third-order valence-electron chi connectivity index (χ3n) is 7.64. The lowest BCUT2D eigenvalue weighted by atomic mass is 9.87. The molecule has 0 saturated carbocycles. The van der Waals surface area contributed by atoms with Gasteiger partial charge in [0.25, 0.3) is 0 Å². The van der Waals surface area contributed by atoms with Crippen LogP contribution in [0.4, 0.5) is 0 Å². The van der Waals surface area contributed by atoms with Crippen molar-refractivity contribution >= 4 is 27.5 Å². The Labute approximate surface area is 234 Å². The van der Waals surface area contributed by atoms with Gasteiger partial charge in [-0.25, -0.2) is 0 Å². The molecule has 2 aromatic carbocycles. The Bertz CT molecular complexity index is 1200. The van der Waals surface area contributed by atoms with Gasteiger partial charge in [-0.2, -0.15) is 0 Å². The lowest BCUT2D eigenvalue weighted by Crippen LogP contribution is -2.23. The summed E-state index contributed by atoms with van der Waals surface area (Å²) in [6, 6.07) is 12.0. The summed E-state index contributed by atoms with van der Waals surface area (Å²) in [5.74, 6) is 1.93. The van der Waals surface area contributed by atoms with Gasteiger partial charge in [-0.05, 0) is 36.5 Å². The molecule has 0 aliphatic rings. The zero-order chi connectivity index (χ0) is 27.2. The maximum absolute atomic E-state index is 13.4. The van der Waals surface area contributed by atoms with Crippen LogP contribution in [0.25, 0.3) is 16.2 Å². The van der Waals surface area contributed by atoms with Crippen LogP contribution in [-0.4, -0.2) is 14.2 Å². The molecule has 2 bridgehead atoms. The van der Waals surface area contributed by atoms with Gasteiger partial charge in [0.05, 0.1) is 28.8 Å². The van der Waals surface area contributed by atoms with Crippen LogP contribution < -0.4 is 19.4 Å². The Morgan fingerprint density at radius 2 is 1.42 bits per heavy atom. The largest absolute Gasteiger partial charge is 0.496 e. The molecule has 1 aromatic heterocycles. The highest BCUT2D eigenvalue weighted by molar-refractivity contribution is 7.16. The topological polar surface area (TPSA) is 35.5 Å². The van der Waals surface area contributed by atoms with E-state index in [0.717, 1.165) is 39.8 Å². The molecule has 3 aromatic rings. The third-order valence-corrected chi connectivity index (χ3v) is 8.77. The molecule has 1 unspecified atom stereocenters. The van der Waals surface area contributed by atoms with E-state index in [0.29, 0.717) is 17.1 Å². The van der Waals surface area contributed by atoms with E-state index in [1.54, 1.807) is 25.6 Å². The summed E-state index contributed by atoms with van der Waals surface area (Å²) in [5, 5.41) is 0.606. The van der Waals surface area contributed by atoms with Crippen molar-refractivity contribution in [2.45, 2.75) is 110 Å². The monoisotopic (exact) mass is 536 g/mol. The van der Waals surface area contributed by atoms with E-state index in [1.165, 1.54) is 76.2 Å². The molecule has 0 aliphatic carbocycles. The molecule has 0 fully saturated rings. The smallest absolute Gasteiger partial charge is 0.206 e. The Morgan fingerprint density at radius 3 is 2.00 bits per heavy atom. The Balaban J connectivity index is 1.76. The van der Waals surface area contributed by atoms with Gasteiger partial charge in [-0.3, -0.25) is 4.79 Å². The molecular weight excluding hydrogens is 488 g/mol. The Hall–Kier alpha value is -2.33. The van der Waals surface area contributed by atoms with E-state index in [-0.39, 0.29) is 5.43 Å². The van der Waals surface area contributed by atoms with Crippen molar-refractivity contribution in [3.63, 3.8) is 0 Å². The molecule has 3 nitrogen and oxygen atoms in total. The number of rotatable bonds is 18. The first kappa shape index (κ1) is 30.2. The van der Waals surface area contributed by atoms with Gasteiger partial charge >= 0.3 is 0 Å². The van der Waals surface area contributed by atoms with Crippen LogP contribution in [0.2, 0.25) is 0 Å². The highest BCUT2D eigenvalue weighted by Gasteiger charge is 2.24. The van der Waals surface area contributed by atoms with Crippen molar-refractivity contribution in [3.8, 4) is 11.5 Å². The van der Waals surface area contributed by atoms with E-state index in [1.807, 2.05) is 42.5 Å². The van der Waals surface area contributed by atoms with Gasteiger partial charge in [-0.1, -0.05) is 121 Å². The second-order valence-corrected chi connectivity index (χ2v) is 11.6. The van der Waals surface area contributed by atoms with Crippen LogP contribution in [0.5, 0.6) is 11.5 Å². The predicted octanol–water partition coefficient (Wildman–Crippen LogP) is 9.41. The average Bonchev–Trinajstić information content (AvgIpc) is 2.94. The molecule has 0 aliphatic heterocycles. The lowest BCUT2D eigenvalue weighted by molar-refractivity contribution is 0.396. The van der Waals surface area contributed by atoms with Gasteiger partial charge in [0.15, 0.2) is 0 Å². The molecule has 0 N–H and O–H groups in total. The maximum Gasteiger partial charge on any atom is 0.206 e. The zero-order valence-electron chi connectivity index (χ0n) is 24.2. The normalized spacial score (nSPS) is 12.8. The Morgan fingerprint density at radius 1 is 0.789 bits per heavy atom. The van der Waals surface area contributed by atoms with Crippen molar-refractivity contribution in [2.75, 3.05) is 14.2 Å². The minimum Gasteiger partial charge on any atom is -0.496 e. The predicted molar refractivity (Wildman–Crippen MR) is 165 cm³/mol. The summed E-state index contributed by atoms with van der Waals surface area (Å²) in [7, 11) is 3.40. The molecule has 0 radical (unpaired) electrons. The summed E-state index contributed by atoms with van der Waals surface area (Å²) >= 11 is 1.55. The van der Waals surface area contributed by atoms with Crippen molar-refractivity contribution in [1.82, 2.24) is 0 Å². The summed E-state index contributed by atoms with van der Waals surface area (Å²) in [6.45, 7) is 4.54. The summed E-state index contributed by atoms with van der Waals surface area (Å²) in [4.78, 5) is 13.4. The van der Waals surface area contributed by atoms with Gasteiger partial charge in [-0.15, -0.1) is 11.3 Å². The fraction of sp³-hybridized carbons (Fsp3) is 0.559. The Kier molecular flexibility index (Phi) is 13.2. The first-order chi connectivity index (χ1) is 18.6. The standard InChI is InChI=1S/C34H48O3S/c1-5-7-8-9-10-11-12-13-14-15-19-23-27(20-6-2)31-29(36-3)25-28-32(35)30(38-34(31)33(28)37-4)24-26-21-17-16-18-22-26/h16-18,21-22,24-25,27H,5-15,19-20,23H2,1-4H3. The van der Waals surface area contributed by atoms with Crippen LogP contribution in [0.1, 0.15) is 121 Å². The molecule has 0 amide bonds. The zero-order valence-corrected chi connectivity index (χ0v) is 25.0. The van der Waals surface area contributed by atoms with E-state index < -0.39 is 0 Å². The third kappa shape index (κ3) is 8.33. The van der Waals surface area contributed by atoms with E-state index in [4.69, 9.17) is 9.47 Å². The van der Waals surface area contributed by atoms with Crippen LogP contribution >= 0.6 is 11.3 Å². The molecular formula is C34H48O3S. The molecule has 1 atom stereocenters. The SMILES string of the molecule is CCCCCCCCCCCCCC(CCC)c1c(OC)cc2c(OC)c1sc(=Cc1ccccc1)c2=O. The van der Waals surface area contributed by atoms with E-state index in [2.05, 4.69) is 13.8 Å². The number of unbranched alkanes of at least 4 members (excludes halogenated alkanes) is 10. The van der Waals surface area contributed by atoms with Crippen LogP contribution in [0.3, 0.4) is 0 Å². The number of fused-ring (bicyclic) bond motifs is 2. The molecule has 38 heavy (non-hydrogen) atoms. The highest BCUT2D eigenvalue weighted by Crippen LogP contribution is 2.44. The number of ether oxygens (including phenoxy) is 2. The fourth-order valence-corrected chi connectivity index (χ4v) is 6.86. The van der Waals surface area contributed by atoms with Crippen molar-refractivity contribution in [1.29, 1.82) is 0 Å². The first-order valence-electron chi connectivity index (χ1n) is 14.9. The summed E-state index contributed by atoms with van der Waals surface area (Å²) in [6.07, 6.45) is 20.3. The number of hydrogen-bond donors (Lipinski definition) is 0. The molecule has 1 heterocycles. The first-order valence-corrected chi connectivity index (χ1v) is 15.7. The molecule has 3 rings (SSSR count). The second kappa shape index (κ2) is 16.6.